The zero-order chi connectivity index (χ0) is 12.9. The van der Waals surface area contributed by atoms with E-state index in [0.717, 1.165) is 0 Å². The number of hydrogen-bond acceptors (Lipinski definition) is 1. The van der Waals surface area contributed by atoms with E-state index < -0.39 is 11.8 Å². The molecule has 0 aromatic heterocycles. The van der Waals surface area contributed by atoms with Crippen LogP contribution in [0.15, 0.2) is 41.2 Å². The summed E-state index contributed by atoms with van der Waals surface area (Å²) in [6.07, 6.45) is 5.95. The van der Waals surface area contributed by atoms with Gasteiger partial charge in [-0.2, -0.15) is 0 Å². The Kier molecular flexibility index (Phi) is 4.41. The Balaban J connectivity index is 2.85. The highest BCUT2D eigenvalue weighted by molar-refractivity contribution is 5.94. The molecule has 17 heavy (non-hydrogen) atoms. The molecule has 0 aliphatic heterocycles. The Morgan fingerprint density at radius 2 is 2.29 bits per heavy atom. The molecule has 1 rings (SSSR count). The van der Waals surface area contributed by atoms with Gasteiger partial charge in [0.2, 0.25) is 5.91 Å². The molecule has 1 aliphatic carbocycles. The predicted molar refractivity (Wildman–Crippen MR) is 62.5 cm³/mol. The third-order valence-electron chi connectivity index (χ3n) is 2.53. The van der Waals surface area contributed by atoms with Gasteiger partial charge in [-0.3, -0.25) is 4.79 Å². The van der Waals surface area contributed by atoms with Crippen molar-refractivity contribution in [1.29, 1.82) is 0 Å². The van der Waals surface area contributed by atoms with Crippen LogP contribution in [0.2, 0.25) is 0 Å². The minimum absolute atomic E-state index is 0.198. The van der Waals surface area contributed by atoms with Gasteiger partial charge in [0.25, 0.3) is 5.92 Å². The van der Waals surface area contributed by atoms with Crippen LogP contribution in [0.5, 0.6) is 0 Å². The molecule has 2 N–H and O–H groups in total. The van der Waals surface area contributed by atoms with E-state index in [-0.39, 0.29) is 12.8 Å². The third kappa shape index (κ3) is 4.37. The highest BCUT2D eigenvalue weighted by Crippen LogP contribution is 2.28. The molecule has 0 aromatic carbocycles. The summed E-state index contributed by atoms with van der Waals surface area (Å²) < 4.78 is 26.5. The Hall–Kier alpha value is -1.67. The van der Waals surface area contributed by atoms with E-state index in [4.69, 9.17) is 5.73 Å². The van der Waals surface area contributed by atoms with Crippen molar-refractivity contribution in [3.8, 4) is 0 Å². The lowest BCUT2D eigenvalue weighted by Crippen LogP contribution is -2.16. The van der Waals surface area contributed by atoms with Gasteiger partial charge in [-0.25, -0.2) is 8.78 Å². The second-order valence-electron chi connectivity index (χ2n) is 3.92. The largest absolute Gasteiger partial charge is 0.366 e. The first-order valence-corrected chi connectivity index (χ1v) is 5.43. The molecule has 0 saturated heterocycles. The Labute approximate surface area is 99.2 Å². The minimum atomic E-state index is -2.71. The predicted octanol–water partition coefficient (Wildman–Crippen LogP) is 2.87. The number of alkyl halides is 2. The highest BCUT2D eigenvalue weighted by atomic mass is 19.3. The fraction of sp³-hybridized carbons (Fsp3) is 0.385. The summed E-state index contributed by atoms with van der Waals surface area (Å²) in [5.74, 6) is -3.28. The van der Waals surface area contributed by atoms with Crippen LogP contribution in [0.3, 0.4) is 0 Å². The van der Waals surface area contributed by atoms with E-state index in [2.05, 4.69) is 5.73 Å². The van der Waals surface area contributed by atoms with E-state index in [9.17, 15) is 13.6 Å². The second-order valence-corrected chi connectivity index (χ2v) is 3.92. The highest BCUT2D eigenvalue weighted by Gasteiger charge is 2.27. The van der Waals surface area contributed by atoms with E-state index in [1.54, 1.807) is 12.2 Å². The van der Waals surface area contributed by atoms with Gasteiger partial charge >= 0.3 is 0 Å². The molecule has 0 radical (unpaired) electrons. The van der Waals surface area contributed by atoms with Gasteiger partial charge < -0.3 is 5.73 Å². The Morgan fingerprint density at radius 3 is 2.88 bits per heavy atom. The van der Waals surface area contributed by atoms with E-state index in [1.165, 1.54) is 19.1 Å². The van der Waals surface area contributed by atoms with Crippen molar-refractivity contribution in [1.82, 2.24) is 0 Å². The van der Waals surface area contributed by atoms with Gasteiger partial charge in [-0.05, 0) is 18.6 Å². The molecule has 92 valence electrons. The van der Waals surface area contributed by atoms with Crippen LogP contribution in [0.4, 0.5) is 8.78 Å². The zero-order valence-corrected chi connectivity index (χ0v) is 9.67. The molecule has 1 aliphatic rings. The smallest absolute Gasteiger partial charge is 0.251 e. The number of amides is 1. The average molecular weight is 239 g/mol. The molecule has 0 spiro atoms. The van der Waals surface area contributed by atoms with Crippen LogP contribution in [0, 0.1) is 0 Å². The van der Waals surface area contributed by atoms with E-state index in [1.807, 2.05) is 0 Å². The minimum Gasteiger partial charge on any atom is -0.366 e. The molecule has 0 atom stereocenters. The van der Waals surface area contributed by atoms with E-state index in [0.29, 0.717) is 17.6 Å². The summed E-state index contributed by atoms with van der Waals surface area (Å²) in [4.78, 5) is 11.0. The summed E-state index contributed by atoms with van der Waals surface area (Å²) in [5.41, 5.74) is 8.70. The van der Waals surface area contributed by atoms with Crippen molar-refractivity contribution < 1.29 is 13.6 Å². The first-order valence-electron chi connectivity index (χ1n) is 5.43. The first-order chi connectivity index (χ1) is 7.94. The Bertz CT molecular complexity index is 427. The van der Waals surface area contributed by atoms with Gasteiger partial charge in [0.05, 0.1) is 0 Å². The second kappa shape index (κ2) is 5.60. The average Bonchev–Trinajstić information content (AvgIpc) is 2.22. The third-order valence-corrected chi connectivity index (χ3v) is 2.53. The monoisotopic (exact) mass is 239 g/mol. The summed E-state index contributed by atoms with van der Waals surface area (Å²) >= 11 is 0. The maximum Gasteiger partial charge on any atom is 0.251 e. The number of allylic oxidation sites excluding steroid dienone is 3. The summed E-state index contributed by atoms with van der Waals surface area (Å²) in [7, 11) is 0. The molecule has 0 unspecified atom stereocenters. The van der Waals surface area contributed by atoms with Crippen molar-refractivity contribution in [2.75, 3.05) is 0 Å². The molecule has 0 aromatic rings. The lowest BCUT2D eigenvalue weighted by atomic mass is 9.99. The quantitative estimate of drug-likeness (QED) is 0.753. The van der Waals surface area contributed by atoms with Crippen LogP contribution in [-0.2, 0) is 4.79 Å². The number of carbonyl (C=O) groups excluding carboxylic acids is 1. The summed E-state index contributed by atoms with van der Waals surface area (Å²) in [6, 6.07) is 0. The molecule has 0 saturated carbocycles. The molecular weight excluding hydrogens is 224 g/mol. The first kappa shape index (κ1) is 13.4. The van der Waals surface area contributed by atoms with Gasteiger partial charge in [0.15, 0.2) is 0 Å². The van der Waals surface area contributed by atoms with Crippen molar-refractivity contribution in [3.05, 3.63) is 41.2 Å². The molecule has 1 amide bonds. The molecule has 0 heterocycles. The standard InChI is InChI=1S/C13H15F2NO/c1-2-13(14,15)9-10-5-3-4-6-11(8-7-10)12(16)17/h3,5-6,8H,2,7,9H2,1H3,(H2,16,17)/b10-5-,11-8+. The van der Waals surface area contributed by atoms with E-state index >= 15 is 0 Å². The molecule has 4 heteroatoms. The van der Waals surface area contributed by atoms with Crippen LogP contribution < -0.4 is 5.73 Å². The molecule has 0 fully saturated rings. The Morgan fingerprint density at radius 1 is 1.59 bits per heavy atom. The number of halogens is 2. The summed E-state index contributed by atoms with van der Waals surface area (Å²) in [5, 5.41) is 0. The van der Waals surface area contributed by atoms with Crippen LogP contribution >= 0.6 is 0 Å². The van der Waals surface area contributed by atoms with Crippen molar-refractivity contribution >= 4 is 5.91 Å². The van der Waals surface area contributed by atoms with Gasteiger partial charge in [0, 0.05) is 18.4 Å². The van der Waals surface area contributed by atoms with Gasteiger partial charge in [-0.1, -0.05) is 24.6 Å². The van der Waals surface area contributed by atoms with Crippen molar-refractivity contribution in [2.45, 2.75) is 32.1 Å². The fourth-order valence-corrected chi connectivity index (χ4v) is 1.43. The van der Waals surface area contributed by atoms with Gasteiger partial charge in [0.1, 0.15) is 0 Å². The van der Waals surface area contributed by atoms with Gasteiger partial charge in [-0.15, -0.1) is 5.73 Å². The summed E-state index contributed by atoms with van der Waals surface area (Å²) in [6.45, 7) is 1.45. The lowest BCUT2D eigenvalue weighted by molar-refractivity contribution is -0.114. The van der Waals surface area contributed by atoms with Crippen LogP contribution in [0.25, 0.3) is 0 Å². The van der Waals surface area contributed by atoms with Crippen LogP contribution in [0.1, 0.15) is 26.2 Å². The number of hydrogen-bond donors (Lipinski definition) is 1. The normalized spacial score (nSPS) is 22.1. The van der Waals surface area contributed by atoms with Crippen LogP contribution in [-0.4, -0.2) is 11.8 Å². The number of rotatable bonds is 4. The zero-order valence-electron chi connectivity index (χ0n) is 9.67. The van der Waals surface area contributed by atoms with Crippen molar-refractivity contribution in [2.24, 2.45) is 5.73 Å². The van der Waals surface area contributed by atoms with Crippen molar-refractivity contribution in [3.63, 3.8) is 0 Å². The molecule has 2 nitrogen and oxygen atoms in total. The number of nitrogens with two attached hydrogens (primary N) is 1. The molecular formula is C13H15F2NO. The fourth-order valence-electron chi connectivity index (χ4n) is 1.43. The molecule has 0 bridgehead atoms. The SMILES string of the molecule is CCC(F)(F)C/C1=C\C=C=C/C(C(N)=O)=C\C1. The maximum absolute atomic E-state index is 13.2. The number of carbonyl (C=O) groups is 1. The number of primary amides is 1. The lowest BCUT2D eigenvalue weighted by Gasteiger charge is -2.15. The maximum atomic E-state index is 13.2. The topological polar surface area (TPSA) is 43.1 Å².